The van der Waals surface area contributed by atoms with Crippen molar-refractivity contribution in [3.05, 3.63) is 29.6 Å². The van der Waals surface area contributed by atoms with Crippen LogP contribution in [0, 0.1) is 18.3 Å². The minimum absolute atomic E-state index is 0.419. The third-order valence-electron chi connectivity index (χ3n) is 3.01. The summed E-state index contributed by atoms with van der Waals surface area (Å²) in [7, 11) is 0. The monoisotopic (exact) mass is 255 g/mol. The first-order chi connectivity index (χ1) is 9.28. The smallest absolute Gasteiger partial charge is 0.161 e. The maximum atomic E-state index is 8.93. The van der Waals surface area contributed by atoms with Crippen molar-refractivity contribution in [2.45, 2.75) is 13.3 Å². The molecular weight excluding hydrogens is 242 g/mol. The molecule has 0 saturated heterocycles. The van der Waals surface area contributed by atoms with Gasteiger partial charge in [0.2, 0.25) is 0 Å². The molecule has 0 aliphatic carbocycles. The highest BCUT2D eigenvalue weighted by atomic mass is 16.5. The summed E-state index contributed by atoms with van der Waals surface area (Å²) in [6.45, 7) is 3.15. The number of hydrogen-bond acceptors (Lipinski definition) is 4. The van der Waals surface area contributed by atoms with E-state index in [0.717, 1.165) is 29.2 Å². The minimum atomic E-state index is 0.419. The lowest BCUT2D eigenvalue weighted by Crippen LogP contribution is -1.97. The van der Waals surface area contributed by atoms with Crippen LogP contribution in [0.1, 0.15) is 17.8 Å². The number of H-pyrrole nitrogens is 1. The quantitative estimate of drug-likeness (QED) is 0.849. The Kier molecular flexibility index (Phi) is 2.84. The van der Waals surface area contributed by atoms with E-state index in [9.17, 15) is 0 Å². The lowest BCUT2D eigenvalue weighted by Gasteiger charge is -2.07. The van der Waals surface area contributed by atoms with Crippen molar-refractivity contribution in [1.82, 2.24) is 9.97 Å². The average Bonchev–Trinajstić information content (AvgIpc) is 2.66. The molecule has 1 aromatic heterocycles. The lowest BCUT2D eigenvalue weighted by atomic mass is 10.2. The molecule has 3 rings (SSSR count). The number of rotatable bonds is 1. The zero-order chi connectivity index (χ0) is 13.2. The van der Waals surface area contributed by atoms with Gasteiger partial charge in [-0.1, -0.05) is 0 Å². The van der Waals surface area contributed by atoms with Crippen molar-refractivity contribution in [2.75, 3.05) is 13.2 Å². The highest BCUT2D eigenvalue weighted by Crippen LogP contribution is 2.33. The number of benzene rings is 1. The fraction of sp³-hybridized carbons (Fsp3) is 0.286. The Bertz CT molecular complexity index is 655. The Labute approximate surface area is 110 Å². The predicted molar refractivity (Wildman–Crippen MR) is 69.1 cm³/mol. The van der Waals surface area contributed by atoms with Gasteiger partial charge in [-0.05, 0) is 25.1 Å². The summed E-state index contributed by atoms with van der Waals surface area (Å²) < 4.78 is 11.2. The van der Waals surface area contributed by atoms with E-state index >= 15 is 0 Å². The van der Waals surface area contributed by atoms with Gasteiger partial charge >= 0.3 is 0 Å². The number of aromatic amines is 1. The summed E-state index contributed by atoms with van der Waals surface area (Å²) in [6, 6.07) is 7.73. The van der Waals surface area contributed by atoms with Gasteiger partial charge in [-0.25, -0.2) is 4.98 Å². The zero-order valence-electron chi connectivity index (χ0n) is 10.6. The second kappa shape index (κ2) is 4.65. The van der Waals surface area contributed by atoms with E-state index in [2.05, 4.69) is 16.0 Å². The van der Waals surface area contributed by atoms with E-state index in [1.807, 2.05) is 25.1 Å². The molecule has 2 heterocycles. The number of imidazole rings is 1. The molecule has 0 amide bonds. The Morgan fingerprint density at radius 1 is 1.26 bits per heavy atom. The van der Waals surface area contributed by atoms with Gasteiger partial charge in [0.05, 0.1) is 18.9 Å². The van der Waals surface area contributed by atoms with Crippen LogP contribution >= 0.6 is 0 Å². The second-order valence-electron chi connectivity index (χ2n) is 4.38. The SMILES string of the molecule is Cc1[nH]c(-c2ccc3c(c2)OCCCO3)nc1C#N. The third kappa shape index (κ3) is 2.13. The van der Waals surface area contributed by atoms with Crippen molar-refractivity contribution < 1.29 is 9.47 Å². The van der Waals surface area contributed by atoms with Gasteiger partial charge in [0.1, 0.15) is 11.9 Å². The van der Waals surface area contributed by atoms with Gasteiger partial charge in [-0.3, -0.25) is 0 Å². The molecule has 0 atom stereocenters. The maximum absolute atomic E-state index is 8.93. The topological polar surface area (TPSA) is 70.9 Å². The van der Waals surface area contributed by atoms with Crippen LogP contribution in [-0.4, -0.2) is 23.2 Å². The van der Waals surface area contributed by atoms with Gasteiger partial charge in [0.15, 0.2) is 17.2 Å². The molecule has 0 fully saturated rings. The fourth-order valence-corrected chi connectivity index (χ4v) is 2.02. The lowest BCUT2D eigenvalue weighted by molar-refractivity contribution is 0.297. The van der Waals surface area contributed by atoms with Crippen LogP contribution in [0.4, 0.5) is 0 Å². The van der Waals surface area contributed by atoms with Gasteiger partial charge in [0.25, 0.3) is 0 Å². The molecule has 0 radical (unpaired) electrons. The highest BCUT2D eigenvalue weighted by molar-refractivity contribution is 5.62. The molecule has 19 heavy (non-hydrogen) atoms. The minimum Gasteiger partial charge on any atom is -0.490 e. The van der Waals surface area contributed by atoms with Gasteiger partial charge in [-0.2, -0.15) is 5.26 Å². The molecule has 2 aromatic rings. The molecule has 1 aliphatic rings. The number of nitrogens with one attached hydrogen (secondary N) is 1. The molecule has 1 aliphatic heterocycles. The van der Waals surface area contributed by atoms with Gasteiger partial charge in [0, 0.05) is 12.0 Å². The average molecular weight is 255 g/mol. The van der Waals surface area contributed by atoms with Crippen molar-refractivity contribution in [3.8, 4) is 29.0 Å². The van der Waals surface area contributed by atoms with Crippen molar-refractivity contribution >= 4 is 0 Å². The number of aromatic nitrogens is 2. The normalized spacial score (nSPS) is 13.7. The van der Waals surface area contributed by atoms with E-state index in [0.29, 0.717) is 24.7 Å². The summed E-state index contributed by atoms with van der Waals surface area (Å²) in [5, 5.41) is 8.93. The standard InChI is InChI=1S/C14H13N3O2/c1-9-11(8-15)17-14(16-9)10-3-4-12-13(7-10)19-6-2-5-18-12/h3-4,7H,2,5-6H2,1H3,(H,16,17). The number of fused-ring (bicyclic) bond motifs is 1. The van der Waals surface area contributed by atoms with Crippen molar-refractivity contribution in [1.29, 1.82) is 5.26 Å². The summed E-state index contributed by atoms with van der Waals surface area (Å²) >= 11 is 0. The summed E-state index contributed by atoms with van der Waals surface area (Å²) in [4.78, 5) is 7.36. The van der Waals surface area contributed by atoms with Crippen LogP contribution < -0.4 is 9.47 Å². The number of aryl methyl sites for hydroxylation is 1. The first kappa shape index (κ1) is 11.6. The first-order valence-electron chi connectivity index (χ1n) is 6.14. The summed E-state index contributed by atoms with van der Waals surface area (Å²) in [5.74, 6) is 2.15. The number of nitrogens with zero attached hydrogens (tertiary/aromatic N) is 2. The van der Waals surface area contributed by atoms with E-state index < -0.39 is 0 Å². The predicted octanol–water partition coefficient (Wildman–Crippen LogP) is 2.42. The molecule has 96 valence electrons. The first-order valence-corrected chi connectivity index (χ1v) is 6.14. The molecule has 0 bridgehead atoms. The number of hydrogen-bond donors (Lipinski definition) is 1. The molecule has 1 N–H and O–H groups in total. The van der Waals surface area contributed by atoms with Crippen LogP contribution in [0.3, 0.4) is 0 Å². The van der Waals surface area contributed by atoms with Crippen LogP contribution in [0.5, 0.6) is 11.5 Å². The summed E-state index contributed by atoms with van der Waals surface area (Å²) in [5.41, 5.74) is 2.07. The third-order valence-corrected chi connectivity index (χ3v) is 3.01. The maximum Gasteiger partial charge on any atom is 0.161 e. The number of nitriles is 1. The largest absolute Gasteiger partial charge is 0.490 e. The van der Waals surface area contributed by atoms with Gasteiger partial charge in [-0.15, -0.1) is 0 Å². The zero-order valence-corrected chi connectivity index (χ0v) is 10.6. The Morgan fingerprint density at radius 3 is 2.79 bits per heavy atom. The van der Waals surface area contributed by atoms with E-state index in [4.69, 9.17) is 14.7 Å². The highest BCUT2D eigenvalue weighted by Gasteiger charge is 2.14. The van der Waals surface area contributed by atoms with Crippen molar-refractivity contribution in [2.24, 2.45) is 0 Å². The molecule has 0 unspecified atom stereocenters. The molecule has 0 saturated carbocycles. The molecule has 0 spiro atoms. The second-order valence-corrected chi connectivity index (χ2v) is 4.38. The summed E-state index contributed by atoms with van der Waals surface area (Å²) in [6.07, 6.45) is 0.877. The molecule has 5 nitrogen and oxygen atoms in total. The van der Waals surface area contributed by atoms with Crippen LogP contribution in [0.2, 0.25) is 0 Å². The Balaban J connectivity index is 2.01. The van der Waals surface area contributed by atoms with E-state index in [-0.39, 0.29) is 0 Å². The van der Waals surface area contributed by atoms with E-state index in [1.165, 1.54) is 0 Å². The molecular formula is C14H13N3O2. The molecule has 1 aromatic carbocycles. The molecule has 5 heteroatoms. The van der Waals surface area contributed by atoms with Crippen LogP contribution in [0.25, 0.3) is 11.4 Å². The Hall–Kier alpha value is -2.48. The van der Waals surface area contributed by atoms with Crippen LogP contribution in [0.15, 0.2) is 18.2 Å². The van der Waals surface area contributed by atoms with Gasteiger partial charge < -0.3 is 14.5 Å². The van der Waals surface area contributed by atoms with E-state index in [1.54, 1.807) is 0 Å². The number of ether oxygens (including phenoxy) is 2. The Morgan fingerprint density at radius 2 is 2.05 bits per heavy atom. The fourth-order valence-electron chi connectivity index (χ4n) is 2.02. The van der Waals surface area contributed by atoms with Crippen molar-refractivity contribution in [3.63, 3.8) is 0 Å². The van der Waals surface area contributed by atoms with Crippen LogP contribution in [-0.2, 0) is 0 Å².